The number of nitrogens with two attached hydrogens (primary N) is 1. The quantitative estimate of drug-likeness (QED) is 0.704. The van der Waals surface area contributed by atoms with Gasteiger partial charge < -0.3 is 24.8 Å². The molecule has 0 radical (unpaired) electrons. The van der Waals surface area contributed by atoms with Crippen molar-refractivity contribution >= 4 is 28.5 Å². The number of H-pyrrole nitrogens is 1. The number of esters is 2. The summed E-state index contributed by atoms with van der Waals surface area (Å²) in [7, 11) is 2.55. The molecule has 8 heteroatoms. The van der Waals surface area contributed by atoms with Crippen molar-refractivity contribution in [2.45, 2.75) is 0 Å². The van der Waals surface area contributed by atoms with Crippen LogP contribution in [-0.2, 0) is 9.47 Å². The second-order valence-corrected chi connectivity index (χ2v) is 5.20. The first-order valence-electron chi connectivity index (χ1n) is 7.20. The average molecular weight is 338 g/mol. The van der Waals surface area contributed by atoms with E-state index >= 15 is 0 Å². The summed E-state index contributed by atoms with van der Waals surface area (Å²) >= 11 is 0. The first-order chi connectivity index (χ1) is 12.0. The van der Waals surface area contributed by atoms with E-state index in [-0.39, 0.29) is 16.9 Å². The predicted octanol–water partition coefficient (Wildman–Crippen LogP) is 1.99. The number of ether oxygens (including phenoxy) is 2. The molecule has 126 valence electrons. The number of hydrogen-bond acceptors (Lipinski definition) is 6. The van der Waals surface area contributed by atoms with Crippen LogP contribution >= 0.6 is 0 Å². The number of nitrogens with zero attached hydrogens (tertiary/aromatic N) is 2. The van der Waals surface area contributed by atoms with Crippen LogP contribution in [-0.4, -0.2) is 35.7 Å². The van der Waals surface area contributed by atoms with Gasteiger partial charge in [-0.15, -0.1) is 0 Å². The summed E-state index contributed by atoms with van der Waals surface area (Å²) in [4.78, 5) is 26.8. The van der Waals surface area contributed by atoms with E-state index in [4.69, 9.17) is 20.5 Å². The number of carbonyl (C=O) groups is 2. The van der Waals surface area contributed by atoms with E-state index in [9.17, 15) is 9.59 Å². The molecule has 0 saturated heterocycles. The highest BCUT2D eigenvalue weighted by molar-refractivity contribution is 6.04. The number of benzene rings is 1. The number of carbonyl (C=O) groups excluding carboxylic acids is 2. The summed E-state index contributed by atoms with van der Waals surface area (Å²) < 4.78 is 11.0. The van der Waals surface area contributed by atoms with Crippen molar-refractivity contribution in [2.24, 2.45) is 0 Å². The topological polar surface area (TPSA) is 123 Å². The van der Waals surface area contributed by atoms with Gasteiger partial charge in [0.2, 0.25) is 0 Å². The fourth-order valence-electron chi connectivity index (χ4n) is 2.66. The molecule has 0 aliphatic heterocycles. The second-order valence-electron chi connectivity index (χ2n) is 5.20. The minimum absolute atomic E-state index is 0.0520. The highest BCUT2D eigenvalue weighted by Gasteiger charge is 2.22. The standard InChI is InChI=1S/C17H14N4O4/c1-24-16(22)12-7-20-13-5-10(3-4-11(12)13)21-8-9(6-18)14(19)15(21)17(23)25-2/h3-5,7-8,20H,19H2,1-2H3. The van der Waals surface area contributed by atoms with Crippen molar-refractivity contribution in [3.63, 3.8) is 0 Å². The van der Waals surface area contributed by atoms with Gasteiger partial charge in [0.25, 0.3) is 0 Å². The molecule has 8 nitrogen and oxygen atoms in total. The molecule has 0 saturated carbocycles. The van der Waals surface area contributed by atoms with E-state index in [0.717, 1.165) is 0 Å². The zero-order valence-electron chi connectivity index (χ0n) is 13.5. The number of nitrogen functional groups attached to an aromatic ring is 1. The number of anilines is 1. The van der Waals surface area contributed by atoms with Gasteiger partial charge in [0.15, 0.2) is 5.69 Å². The second kappa shape index (κ2) is 6.05. The Morgan fingerprint density at radius 1 is 1.24 bits per heavy atom. The lowest BCUT2D eigenvalue weighted by atomic mass is 10.1. The molecule has 0 aliphatic carbocycles. The maximum Gasteiger partial charge on any atom is 0.357 e. The Morgan fingerprint density at radius 3 is 2.60 bits per heavy atom. The van der Waals surface area contributed by atoms with Crippen LogP contribution in [0.4, 0.5) is 5.69 Å². The first-order valence-corrected chi connectivity index (χ1v) is 7.20. The molecule has 0 amide bonds. The van der Waals surface area contributed by atoms with Crippen LogP contribution in [0.3, 0.4) is 0 Å². The Hall–Kier alpha value is -3.73. The Kier molecular flexibility index (Phi) is 3.91. The van der Waals surface area contributed by atoms with Crippen molar-refractivity contribution in [1.82, 2.24) is 9.55 Å². The van der Waals surface area contributed by atoms with Gasteiger partial charge in [-0.3, -0.25) is 0 Å². The highest BCUT2D eigenvalue weighted by atomic mass is 16.5. The summed E-state index contributed by atoms with van der Waals surface area (Å²) in [6, 6.07) is 7.10. The molecular weight excluding hydrogens is 324 g/mol. The van der Waals surface area contributed by atoms with E-state index in [0.29, 0.717) is 22.2 Å². The van der Waals surface area contributed by atoms with Crippen LogP contribution in [0, 0.1) is 11.3 Å². The molecule has 2 heterocycles. The van der Waals surface area contributed by atoms with Gasteiger partial charge in [0.05, 0.1) is 31.0 Å². The number of nitriles is 1. The molecule has 0 unspecified atom stereocenters. The van der Waals surface area contributed by atoms with Gasteiger partial charge in [-0.2, -0.15) is 5.26 Å². The van der Waals surface area contributed by atoms with E-state index in [2.05, 4.69) is 4.98 Å². The maximum absolute atomic E-state index is 12.1. The van der Waals surface area contributed by atoms with Gasteiger partial charge in [-0.25, -0.2) is 9.59 Å². The van der Waals surface area contributed by atoms with E-state index in [1.807, 2.05) is 6.07 Å². The fraction of sp³-hybridized carbons (Fsp3) is 0.118. The zero-order chi connectivity index (χ0) is 18.1. The largest absolute Gasteiger partial charge is 0.465 e. The molecule has 0 spiro atoms. The normalized spacial score (nSPS) is 10.4. The number of aromatic amines is 1. The van der Waals surface area contributed by atoms with Crippen molar-refractivity contribution in [3.05, 3.63) is 47.4 Å². The molecule has 3 aromatic rings. The van der Waals surface area contributed by atoms with Crippen LogP contribution in [0.15, 0.2) is 30.6 Å². The van der Waals surface area contributed by atoms with Crippen LogP contribution in [0.5, 0.6) is 0 Å². The maximum atomic E-state index is 12.1. The summed E-state index contributed by atoms with van der Waals surface area (Å²) in [6.07, 6.45) is 3.01. The van der Waals surface area contributed by atoms with Gasteiger partial charge in [-0.1, -0.05) is 0 Å². The van der Waals surface area contributed by atoms with Crippen molar-refractivity contribution in [1.29, 1.82) is 5.26 Å². The smallest absolute Gasteiger partial charge is 0.357 e. The number of aromatic nitrogens is 2. The molecule has 2 aromatic heterocycles. The van der Waals surface area contributed by atoms with Crippen LogP contribution < -0.4 is 5.73 Å². The van der Waals surface area contributed by atoms with Gasteiger partial charge in [0, 0.05) is 29.0 Å². The van der Waals surface area contributed by atoms with Crippen molar-refractivity contribution in [2.75, 3.05) is 20.0 Å². The van der Waals surface area contributed by atoms with Crippen LogP contribution in [0.2, 0.25) is 0 Å². The average Bonchev–Trinajstić information content (AvgIpc) is 3.20. The molecule has 3 rings (SSSR count). The number of rotatable bonds is 3. The molecular formula is C17H14N4O4. The summed E-state index contributed by atoms with van der Waals surface area (Å²) in [5.74, 6) is -1.10. The third-order valence-electron chi connectivity index (χ3n) is 3.89. The molecule has 0 bridgehead atoms. The fourth-order valence-corrected chi connectivity index (χ4v) is 2.66. The van der Waals surface area contributed by atoms with E-state index < -0.39 is 11.9 Å². The molecule has 25 heavy (non-hydrogen) atoms. The number of hydrogen-bond donors (Lipinski definition) is 2. The van der Waals surface area contributed by atoms with Crippen LogP contribution in [0.25, 0.3) is 16.6 Å². The Morgan fingerprint density at radius 2 is 1.96 bits per heavy atom. The molecule has 3 N–H and O–H groups in total. The third kappa shape index (κ3) is 2.48. The van der Waals surface area contributed by atoms with E-state index in [1.54, 1.807) is 24.4 Å². The minimum Gasteiger partial charge on any atom is -0.465 e. The van der Waals surface area contributed by atoms with E-state index in [1.165, 1.54) is 25.0 Å². The minimum atomic E-state index is -0.652. The summed E-state index contributed by atoms with van der Waals surface area (Å²) in [5, 5.41) is 9.84. The van der Waals surface area contributed by atoms with Gasteiger partial charge in [0.1, 0.15) is 6.07 Å². The Labute approximate surface area is 142 Å². The van der Waals surface area contributed by atoms with Gasteiger partial charge in [-0.05, 0) is 18.2 Å². The Bertz CT molecular complexity index is 1040. The molecule has 0 fully saturated rings. The summed E-state index contributed by atoms with van der Waals surface area (Å²) in [5.41, 5.74) is 7.83. The monoisotopic (exact) mass is 338 g/mol. The SMILES string of the molecule is COC(=O)c1c[nH]c2cc(-n3cc(C#N)c(N)c3C(=O)OC)ccc12. The van der Waals surface area contributed by atoms with Crippen LogP contribution in [0.1, 0.15) is 26.4 Å². The van der Waals surface area contributed by atoms with Gasteiger partial charge >= 0.3 is 11.9 Å². The number of fused-ring (bicyclic) bond motifs is 1. The third-order valence-corrected chi connectivity index (χ3v) is 3.89. The Balaban J connectivity index is 2.19. The number of methoxy groups -OCH3 is 2. The lowest BCUT2D eigenvalue weighted by molar-refractivity contribution is 0.0588. The zero-order valence-corrected chi connectivity index (χ0v) is 13.5. The van der Waals surface area contributed by atoms with Crippen molar-refractivity contribution in [3.8, 4) is 11.8 Å². The lowest BCUT2D eigenvalue weighted by Gasteiger charge is -2.08. The molecule has 0 atom stereocenters. The number of nitrogens with one attached hydrogen (secondary N) is 1. The first kappa shape index (κ1) is 16.1. The predicted molar refractivity (Wildman–Crippen MR) is 89.4 cm³/mol. The molecule has 0 aliphatic rings. The summed E-state index contributed by atoms with van der Waals surface area (Å²) in [6.45, 7) is 0. The lowest BCUT2D eigenvalue weighted by Crippen LogP contribution is -2.11. The van der Waals surface area contributed by atoms with Crippen molar-refractivity contribution < 1.29 is 19.1 Å². The molecule has 1 aromatic carbocycles. The highest BCUT2D eigenvalue weighted by Crippen LogP contribution is 2.27.